The van der Waals surface area contributed by atoms with Crippen LogP contribution in [0.5, 0.6) is 5.75 Å². The van der Waals surface area contributed by atoms with Crippen molar-refractivity contribution in [2.24, 2.45) is 5.41 Å². The highest BCUT2D eigenvalue weighted by Gasteiger charge is 2.37. The van der Waals surface area contributed by atoms with Gasteiger partial charge in [0.2, 0.25) is 5.91 Å². The zero-order valence-electron chi connectivity index (χ0n) is 18.7. The van der Waals surface area contributed by atoms with Gasteiger partial charge in [-0.25, -0.2) is 0 Å². The molecule has 0 aromatic heterocycles. The second-order valence-electron chi connectivity index (χ2n) is 8.78. The van der Waals surface area contributed by atoms with Gasteiger partial charge in [-0.1, -0.05) is 82.2 Å². The first-order valence-electron chi connectivity index (χ1n) is 11.5. The SMILES string of the molecule is CCCCCCCCCCOc1ccc(/C=C2\NNC(=O)C2(C)C)c2ccccc12. The van der Waals surface area contributed by atoms with Gasteiger partial charge in [0, 0.05) is 11.1 Å². The van der Waals surface area contributed by atoms with E-state index in [0.29, 0.717) is 0 Å². The average molecular weight is 409 g/mol. The lowest BCUT2D eigenvalue weighted by atomic mass is 9.88. The first-order chi connectivity index (χ1) is 14.5. The fourth-order valence-electron chi connectivity index (χ4n) is 3.90. The van der Waals surface area contributed by atoms with E-state index in [1.54, 1.807) is 0 Å². The van der Waals surface area contributed by atoms with Gasteiger partial charge in [-0.05, 0) is 43.4 Å². The summed E-state index contributed by atoms with van der Waals surface area (Å²) < 4.78 is 6.14. The van der Waals surface area contributed by atoms with Crippen LogP contribution in [0.2, 0.25) is 0 Å². The number of unbranched alkanes of at least 4 members (excludes halogenated alkanes) is 7. The van der Waals surface area contributed by atoms with Gasteiger partial charge in [0.1, 0.15) is 5.75 Å². The minimum Gasteiger partial charge on any atom is -0.493 e. The standard InChI is InChI=1S/C26H36N2O2/c1-4-5-6-7-8-9-10-13-18-30-23-17-16-20(21-14-11-12-15-22(21)23)19-24-26(2,3)25(29)28-27-24/h11-12,14-17,19,27H,4-10,13,18H2,1-3H3,(H,28,29)/b24-19-. The van der Waals surface area contributed by atoms with Crippen molar-refractivity contribution in [3.63, 3.8) is 0 Å². The summed E-state index contributed by atoms with van der Waals surface area (Å²) in [7, 11) is 0. The first-order valence-corrected chi connectivity index (χ1v) is 11.5. The Labute approximate surface area is 181 Å². The van der Waals surface area contributed by atoms with Crippen molar-refractivity contribution < 1.29 is 9.53 Å². The van der Waals surface area contributed by atoms with E-state index in [9.17, 15) is 4.79 Å². The Morgan fingerprint density at radius 3 is 2.20 bits per heavy atom. The van der Waals surface area contributed by atoms with Crippen LogP contribution in [0, 0.1) is 5.41 Å². The summed E-state index contributed by atoms with van der Waals surface area (Å²) in [6.45, 7) is 6.87. The number of nitrogens with one attached hydrogen (secondary N) is 2. The van der Waals surface area contributed by atoms with Crippen LogP contribution in [-0.4, -0.2) is 12.5 Å². The summed E-state index contributed by atoms with van der Waals surface area (Å²) in [6.07, 6.45) is 12.4. The van der Waals surface area contributed by atoms with Gasteiger partial charge in [-0.3, -0.25) is 10.2 Å². The summed E-state index contributed by atoms with van der Waals surface area (Å²) in [5, 5.41) is 2.25. The molecule has 4 nitrogen and oxygen atoms in total. The molecule has 0 unspecified atom stereocenters. The highest BCUT2D eigenvalue weighted by Crippen LogP contribution is 2.34. The molecule has 2 aromatic carbocycles. The lowest BCUT2D eigenvalue weighted by Crippen LogP contribution is -2.28. The number of hydrogen-bond acceptors (Lipinski definition) is 3. The fourth-order valence-corrected chi connectivity index (χ4v) is 3.90. The maximum atomic E-state index is 12.0. The van der Waals surface area contributed by atoms with Crippen molar-refractivity contribution in [2.45, 2.75) is 72.1 Å². The molecule has 1 saturated heterocycles. The number of hydrazine groups is 1. The molecule has 0 saturated carbocycles. The molecule has 1 heterocycles. The van der Waals surface area contributed by atoms with Crippen molar-refractivity contribution in [1.82, 2.24) is 10.9 Å². The summed E-state index contributed by atoms with van der Waals surface area (Å²) >= 11 is 0. The molecule has 3 rings (SSSR count). The Kier molecular flexibility index (Phi) is 7.78. The Morgan fingerprint density at radius 2 is 1.53 bits per heavy atom. The molecule has 162 valence electrons. The fraction of sp³-hybridized carbons (Fsp3) is 0.500. The summed E-state index contributed by atoms with van der Waals surface area (Å²) in [4.78, 5) is 12.0. The minimum atomic E-state index is -0.563. The third kappa shape index (κ3) is 5.35. The van der Waals surface area contributed by atoms with Crippen LogP contribution in [0.4, 0.5) is 0 Å². The van der Waals surface area contributed by atoms with E-state index in [2.05, 4.69) is 48.1 Å². The zero-order valence-corrected chi connectivity index (χ0v) is 18.7. The van der Waals surface area contributed by atoms with Crippen molar-refractivity contribution >= 4 is 22.8 Å². The number of carbonyl (C=O) groups excluding carboxylic acids is 1. The van der Waals surface area contributed by atoms with Crippen LogP contribution in [0.15, 0.2) is 42.1 Å². The Bertz CT molecular complexity index is 886. The van der Waals surface area contributed by atoms with Crippen LogP contribution in [0.1, 0.15) is 77.7 Å². The third-order valence-corrected chi connectivity index (χ3v) is 6.02. The second-order valence-corrected chi connectivity index (χ2v) is 8.78. The molecule has 30 heavy (non-hydrogen) atoms. The van der Waals surface area contributed by atoms with Crippen LogP contribution in [0.3, 0.4) is 0 Å². The van der Waals surface area contributed by atoms with Crippen molar-refractivity contribution in [3.8, 4) is 5.75 Å². The van der Waals surface area contributed by atoms with E-state index in [-0.39, 0.29) is 5.91 Å². The maximum Gasteiger partial charge on any atom is 0.249 e. The van der Waals surface area contributed by atoms with E-state index in [4.69, 9.17) is 4.74 Å². The van der Waals surface area contributed by atoms with Crippen molar-refractivity contribution in [3.05, 3.63) is 47.7 Å². The monoisotopic (exact) mass is 408 g/mol. The molecule has 1 fully saturated rings. The van der Waals surface area contributed by atoms with Gasteiger partial charge in [0.25, 0.3) is 0 Å². The van der Waals surface area contributed by atoms with Crippen molar-refractivity contribution in [2.75, 3.05) is 6.61 Å². The third-order valence-electron chi connectivity index (χ3n) is 6.02. The molecule has 0 bridgehead atoms. The zero-order chi connectivity index (χ0) is 21.4. The molecule has 0 radical (unpaired) electrons. The van der Waals surface area contributed by atoms with E-state index in [1.165, 1.54) is 44.9 Å². The predicted molar refractivity (Wildman–Crippen MR) is 125 cm³/mol. The number of carbonyl (C=O) groups is 1. The quantitative estimate of drug-likeness (QED) is 0.425. The number of benzene rings is 2. The largest absolute Gasteiger partial charge is 0.493 e. The smallest absolute Gasteiger partial charge is 0.249 e. The summed E-state index contributed by atoms with van der Waals surface area (Å²) in [6, 6.07) is 12.4. The lowest BCUT2D eigenvalue weighted by molar-refractivity contribution is -0.125. The number of amides is 1. The van der Waals surface area contributed by atoms with Crippen LogP contribution >= 0.6 is 0 Å². The highest BCUT2D eigenvalue weighted by atomic mass is 16.5. The lowest BCUT2D eigenvalue weighted by Gasteiger charge is -2.16. The molecule has 1 aliphatic rings. The Morgan fingerprint density at radius 1 is 0.867 bits per heavy atom. The van der Waals surface area contributed by atoms with Gasteiger partial charge in [0.15, 0.2) is 0 Å². The molecule has 2 N–H and O–H groups in total. The van der Waals surface area contributed by atoms with Crippen LogP contribution in [0.25, 0.3) is 16.8 Å². The molecule has 0 atom stereocenters. The summed E-state index contributed by atoms with van der Waals surface area (Å²) in [5.41, 5.74) is 7.14. The van der Waals surface area contributed by atoms with Crippen molar-refractivity contribution in [1.29, 1.82) is 0 Å². The average Bonchev–Trinajstić information content (AvgIpc) is 3.00. The highest BCUT2D eigenvalue weighted by molar-refractivity contribution is 5.96. The van der Waals surface area contributed by atoms with Gasteiger partial charge in [0.05, 0.1) is 12.0 Å². The maximum absolute atomic E-state index is 12.0. The molecular weight excluding hydrogens is 372 g/mol. The van der Waals surface area contributed by atoms with Gasteiger partial charge < -0.3 is 10.2 Å². The normalized spacial score (nSPS) is 16.6. The topological polar surface area (TPSA) is 50.4 Å². The number of ether oxygens (including phenoxy) is 1. The number of fused-ring (bicyclic) bond motifs is 1. The molecule has 0 aliphatic carbocycles. The Balaban J connectivity index is 1.62. The summed E-state index contributed by atoms with van der Waals surface area (Å²) in [5.74, 6) is 0.923. The molecule has 4 heteroatoms. The Hall–Kier alpha value is -2.49. The molecule has 1 amide bonds. The van der Waals surface area contributed by atoms with E-state index < -0.39 is 5.41 Å². The van der Waals surface area contributed by atoms with Gasteiger partial charge in [-0.15, -0.1) is 0 Å². The second kappa shape index (κ2) is 10.5. The van der Waals surface area contributed by atoms with Gasteiger partial charge >= 0.3 is 0 Å². The minimum absolute atomic E-state index is 0.0108. The molecule has 2 aromatic rings. The van der Waals surface area contributed by atoms with Crippen LogP contribution in [-0.2, 0) is 4.79 Å². The molecular formula is C26H36N2O2. The van der Waals surface area contributed by atoms with E-state index >= 15 is 0 Å². The first kappa shape index (κ1) is 22.2. The van der Waals surface area contributed by atoms with Gasteiger partial charge in [-0.2, -0.15) is 0 Å². The molecule has 1 aliphatic heterocycles. The van der Waals surface area contributed by atoms with E-state index in [0.717, 1.165) is 40.8 Å². The predicted octanol–water partition coefficient (Wildman–Crippen LogP) is 6.36. The van der Waals surface area contributed by atoms with E-state index in [1.807, 2.05) is 26.0 Å². The van der Waals surface area contributed by atoms with Crippen LogP contribution < -0.4 is 15.6 Å². The number of hydrogen-bond donors (Lipinski definition) is 2. The molecule has 0 spiro atoms. The number of rotatable bonds is 11.